The molecule has 2 nitrogen and oxygen atoms in total. The van der Waals surface area contributed by atoms with Gasteiger partial charge in [0.2, 0.25) is 0 Å². The summed E-state index contributed by atoms with van der Waals surface area (Å²) in [7, 11) is 0. The molecule has 96 valence electrons. The van der Waals surface area contributed by atoms with E-state index in [-0.39, 0.29) is 12.1 Å². The Morgan fingerprint density at radius 2 is 2.06 bits per heavy atom. The van der Waals surface area contributed by atoms with Crippen LogP contribution in [0.15, 0.2) is 0 Å². The van der Waals surface area contributed by atoms with Gasteiger partial charge in [-0.2, -0.15) is 11.8 Å². The van der Waals surface area contributed by atoms with Gasteiger partial charge in [-0.15, -0.1) is 0 Å². The Morgan fingerprint density at radius 3 is 2.62 bits per heavy atom. The highest BCUT2D eigenvalue weighted by Crippen LogP contribution is 2.28. The van der Waals surface area contributed by atoms with Gasteiger partial charge in [0, 0.05) is 5.54 Å². The molecule has 1 aliphatic rings. The molecular weight excluding hydrogens is 218 g/mol. The maximum Gasteiger partial charge on any atom is 0.0611 e. The van der Waals surface area contributed by atoms with Crippen molar-refractivity contribution < 1.29 is 5.11 Å². The second-order valence-electron chi connectivity index (χ2n) is 5.20. The zero-order valence-corrected chi connectivity index (χ0v) is 11.4. The molecule has 1 rings (SSSR count). The minimum Gasteiger partial charge on any atom is -0.394 e. The molecule has 3 N–H and O–H groups in total. The fraction of sp³-hybridized carbons (Fsp3) is 1.00. The van der Waals surface area contributed by atoms with Crippen molar-refractivity contribution in [3.63, 3.8) is 0 Å². The van der Waals surface area contributed by atoms with E-state index in [0.29, 0.717) is 0 Å². The smallest absolute Gasteiger partial charge is 0.0611 e. The first-order valence-corrected chi connectivity index (χ1v) is 7.83. The molecule has 1 aliphatic carbocycles. The third-order valence-corrected chi connectivity index (χ3v) is 5.10. The van der Waals surface area contributed by atoms with Crippen LogP contribution in [0.25, 0.3) is 0 Å². The number of hydrogen-bond acceptors (Lipinski definition) is 3. The highest BCUT2D eigenvalue weighted by atomic mass is 32.2. The first kappa shape index (κ1) is 14.3. The Hall–Kier alpha value is 0.270. The fourth-order valence-electron chi connectivity index (χ4n) is 2.32. The highest BCUT2D eigenvalue weighted by molar-refractivity contribution is 7.99. The molecule has 0 saturated heterocycles. The van der Waals surface area contributed by atoms with Gasteiger partial charge < -0.3 is 10.8 Å². The van der Waals surface area contributed by atoms with Crippen LogP contribution in [0.2, 0.25) is 0 Å². The molecule has 1 saturated carbocycles. The van der Waals surface area contributed by atoms with E-state index in [1.807, 2.05) is 0 Å². The molecule has 3 heteroatoms. The van der Waals surface area contributed by atoms with Crippen LogP contribution in [-0.2, 0) is 0 Å². The molecule has 1 fully saturated rings. The number of rotatable bonds is 8. The standard InChI is InChI=1S/C13H27NOS/c1-2-13(14,11-15)8-5-9-16-10-12-6-3-4-7-12/h12,15H,2-11,14H2,1H3. The summed E-state index contributed by atoms with van der Waals surface area (Å²) in [5, 5.41) is 9.18. The van der Waals surface area contributed by atoms with Gasteiger partial charge in [0.15, 0.2) is 0 Å². The first-order chi connectivity index (χ1) is 7.70. The molecule has 16 heavy (non-hydrogen) atoms. The SMILES string of the molecule is CCC(N)(CO)CCCSCC1CCCC1. The van der Waals surface area contributed by atoms with Crippen LogP contribution in [0.5, 0.6) is 0 Å². The lowest BCUT2D eigenvalue weighted by molar-refractivity contribution is 0.182. The van der Waals surface area contributed by atoms with Crippen LogP contribution in [0.3, 0.4) is 0 Å². The average Bonchev–Trinajstić information content (AvgIpc) is 2.81. The average molecular weight is 245 g/mol. The van der Waals surface area contributed by atoms with E-state index >= 15 is 0 Å². The molecule has 1 atom stereocenters. The Morgan fingerprint density at radius 1 is 1.38 bits per heavy atom. The molecule has 1 unspecified atom stereocenters. The van der Waals surface area contributed by atoms with Gasteiger partial charge in [-0.3, -0.25) is 0 Å². The van der Waals surface area contributed by atoms with Crippen molar-refractivity contribution in [1.82, 2.24) is 0 Å². The van der Waals surface area contributed by atoms with Crippen LogP contribution in [-0.4, -0.2) is 28.8 Å². The van der Waals surface area contributed by atoms with Crippen molar-refractivity contribution in [3.05, 3.63) is 0 Å². The monoisotopic (exact) mass is 245 g/mol. The molecular formula is C13H27NOS. The van der Waals surface area contributed by atoms with E-state index < -0.39 is 0 Å². The lowest BCUT2D eigenvalue weighted by Crippen LogP contribution is -2.42. The first-order valence-electron chi connectivity index (χ1n) is 6.67. The van der Waals surface area contributed by atoms with Crippen molar-refractivity contribution in [2.24, 2.45) is 11.7 Å². The Bertz CT molecular complexity index is 177. The number of hydrogen-bond donors (Lipinski definition) is 2. The Balaban J connectivity index is 1.98. The summed E-state index contributed by atoms with van der Waals surface area (Å²) in [6, 6.07) is 0. The predicted molar refractivity (Wildman–Crippen MR) is 72.8 cm³/mol. The molecule has 0 amide bonds. The Kier molecular flexibility index (Phi) is 6.78. The normalized spacial score (nSPS) is 21.2. The van der Waals surface area contributed by atoms with E-state index in [9.17, 15) is 5.11 Å². The summed E-state index contributed by atoms with van der Waals surface area (Å²) in [5.41, 5.74) is 5.72. The summed E-state index contributed by atoms with van der Waals surface area (Å²) >= 11 is 2.07. The minimum atomic E-state index is -0.325. The second-order valence-corrected chi connectivity index (χ2v) is 6.35. The van der Waals surface area contributed by atoms with Gasteiger partial charge in [0.1, 0.15) is 0 Å². The van der Waals surface area contributed by atoms with E-state index in [0.717, 1.165) is 25.2 Å². The van der Waals surface area contributed by atoms with E-state index in [1.54, 1.807) is 0 Å². The van der Waals surface area contributed by atoms with Crippen LogP contribution in [0.1, 0.15) is 51.9 Å². The van der Waals surface area contributed by atoms with Gasteiger partial charge in [0.05, 0.1) is 6.61 Å². The highest BCUT2D eigenvalue weighted by Gasteiger charge is 2.20. The van der Waals surface area contributed by atoms with Crippen LogP contribution in [0, 0.1) is 5.92 Å². The van der Waals surface area contributed by atoms with E-state index in [1.165, 1.54) is 37.2 Å². The second kappa shape index (κ2) is 7.57. The van der Waals surface area contributed by atoms with Gasteiger partial charge in [-0.1, -0.05) is 19.8 Å². The van der Waals surface area contributed by atoms with E-state index in [2.05, 4.69) is 18.7 Å². The number of aliphatic hydroxyl groups excluding tert-OH is 1. The molecule has 0 bridgehead atoms. The maximum absolute atomic E-state index is 9.18. The molecule has 0 aliphatic heterocycles. The summed E-state index contributed by atoms with van der Waals surface area (Å²) in [6.07, 6.45) is 8.74. The van der Waals surface area contributed by atoms with Gasteiger partial charge in [-0.25, -0.2) is 0 Å². The molecule has 0 radical (unpaired) electrons. The zero-order chi connectivity index (χ0) is 11.9. The third kappa shape index (κ3) is 5.07. The molecule has 0 aromatic carbocycles. The zero-order valence-electron chi connectivity index (χ0n) is 10.6. The summed E-state index contributed by atoms with van der Waals surface area (Å²) in [4.78, 5) is 0. The largest absolute Gasteiger partial charge is 0.394 e. The fourth-order valence-corrected chi connectivity index (χ4v) is 3.50. The van der Waals surface area contributed by atoms with Gasteiger partial charge in [0.25, 0.3) is 0 Å². The van der Waals surface area contributed by atoms with Crippen molar-refractivity contribution >= 4 is 11.8 Å². The number of aliphatic hydroxyl groups is 1. The summed E-state index contributed by atoms with van der Waals surface area (Å²) in [6.45, 7) is 2.18. The Labute approximate surface area is 104 Å². The van der Waals surface area contributed by atoms with Gasteiger partial charge >= 0.3 is 0 Å². The maximum atomic E-state index is 9.18. The van der Waals surface area contributed by atoms with Crippen molar-refractivity contribution in [3.8, 4) is 0 Å². The summed E-state index contributed by atoms with van der Waals surface area (Å²) < 4.78 is 0. The lowest BCUT2D eigenvalue weighted by atomic mass is 9.93. The molecule has 0 aromatic rings. The van der Waals surface area contributed by atoms with Crippen LogP contribution >= 0.6 is 11.8 Å². The minimum absolute atomic E-state index is 0.122. The third-order valence-electron chi connectivity index (χ3n) is 3.81. The number of nitrogens with two attached hydrogens (primary N) is 1. The number of thioether (sulfide) groups is 1. The van der Waals surface area contributed by atoms with Gasteiger partial charge in [-0.05, 0) is 49.5 Å². The molecule has 0 aromatic heterocycles. The van der Waals surface area contributed by atoms with Crippen LogP contribution in [0.4, 0.5) is 0 Å². The van der Waals surface area contributed by atoms with Crippen molar-refractivity contribution in [1.29, 1.82) is 0 Å². The van der Waals surface area contributed by atoms with Crippen molar-refractivity contribution in [2.75, 3.05) is 18.1 Å². The molecule has 0 heterocycles. The van der Waals surface area contributed by atoms with Crippen LogP contribution < -0.4 is 5.73 Å². The topological polar surface area (TPSA) is 46.2 Å². The quantitative estimate of drug-likeness (QED) is 0.646. The summed E-state index contributed by atoms with van der Waals surface area (Å²) in [5.74, 6) is 3.52. The van der Waals surface area contributed by atoms with E-state index in [4.69, 9.17) is 5.73 Å². The molecule has 0 spiro atoms. The lowest BCUT2D eigenvalue weighted by Gasteiger charge is -2.25. The van der Waals surface area contributed by atoms with Crippen molar-refractivity contribution in [2.45, 2.75) is 57.4 Å². The predicted octanol–water partition coefficient (Wildman–Crippen LogP) is 2.79.